The lowest BCUT2D eigenvalue weighted by molar-refractivity contribution is 0.0953. The highest BCUT2D eigenvalue weighted by atomic mass is 16.5. The van der Waals surface area contributed by atoms with E-state index in [-0.39, 0.29) is 5.91 Å². The van der Waals surface area contributed by atoms with Gasteiger partial charge in [0.1, 0.15) is 5.75 Å². The predicted molar refractivity (Wildman–Crippen MR) is 109 cm³/mol. The smallest absolute Gasteiger partial charge is 0.251 e. The molecule has 0 radical (unpaired) electrons. The molecule has 0 aromatic heterocycles. The molecule has 0 saturated heterocycles. The Labute approximate surface area is 166 Å². The number of rotatable bonds is 11. The Morgan fingerprint density at radius 3 is 1.96 bits per heavy atom. The number of ether oxygens (including phenoxy) is 4. The maximum atomic E-state index is 12.6. The molecule has 0 saturated carbocycles. The predicted octanol–water partition coefficient (Wildman–Crippen LogP) is 3.86. The van der Waals surface area contributed by atoms with Crippen molar-refractivity contribution in [1.29, 1.82) is 0 Å². The van der Waals surface area contributed by atoms with E-state index in [0.717, 1.165) is 17.7 Å². The minimum Gasteiger partial charge on any atom is -0.497 e. The van der Waals surface area contributed by atoms with E-state index in [9.17, 15) is 4.79 Å². The lowest BCUT2D eigenvalue weighted by Gasteiger charge is -2.17. The third-order valence-electron chi connectivity index (χ3n) is 4.03. The molecule has 6 nitrogen and oxygen atoms in total. The normalized spacial score (nSPS) is 10.3. The molecule has 0 aliphatic carbocycles. The molecule has 0 spiro atoms. The summed E-state index contributed by atoms with van der Waals surface area (Å²) in [6, 6.07) is 11.2. The van der Waals surface area contributed by atoms with Crippen LogP contribution in [0.15, 0.2) is 36.4 Å². The van der Waals surface area contributed by atoms with Crippen molar-refractivity contribution in [2.45, 2.75) is 27.2 Å². The molecule has 2 aromatic carbocycles. The van der Waals surface area contributed by atoms with E-state index in [1.165, 1.54) is 0 Å². The SMILES string of the molecule is CCOc1cc(C(=O)NCCc2ccc(OC)cc2)cc(OCC)c1OCC. The molecule has 0 bridgehead atoms. The van der Waals surface area contributed by atoms with E-state index in [1.54, 1.807) is 19.2 Å². The minimum absolute atomic E-state index is 0.182. The fraction of sp³-hybridized carbons (Fsp3) is 0.409. The van der Waals surface area contributed by atoms with Gasteiger partial charge in [0, 0.05) is 12.1 Å². The first-order valence-electron chi connectivity index (χ1n) is 9.60. The molecule has 2 aromatic rings. The van der Waals surface area contributed by atoms with Gasteiger partial charge >= 0.3 is 0 Å². The van der Waals surface area contributed by atoms with Crippen molar-refractivity contribution in [3.05, 3.63) is 47.5 Å². The van der Waals surface area contributed by atoms with Crippen LogP contribution in [0.25, 0.3) is 0 Å². The van der Waals surface area contributed by atoms with Crippen molar-refractivity contribution in [3.8, 4) is 23.0 Å². The van der Waals surface area contributed by atoms with Crippen molar-refractivity contribution in [3.63, 3.8) is 0 Å². The van der Waals surface area contributed by atoms with Gasteiger partial charge in [-0.1, -0.05) is 12.1 Å². The van der Waals surface area contributed by atoms with Gasteiger partial charge in [0.15, 0.2) is 11.5 Å². The maximum absolute atomic E-state index is 12.6. The van der Waals surface area contributed by atoms with Crippen molar-refractivity contribution >= 4 is 5.91 Å². The van der Waals surface area contributed by atoms with E-state index >= 15 is 0 Å². The van der Waals surface area contributed by atoms with Crippen LogP contribution in [0.5, 0.6) is 23.0 Å². The highest BCUT2D eigenvalue weighted by molar-refractivity contribution is 5.95. The topological polar surface area (TPSA) is 66.0 Å². The van der Waals surface area contributed by atoms with Crippen LogP contribution in [0.2, 0.25) is 0 Å². The van der Waals surface area contributed by atoms with Gasteiger partial charge in [-0.05, 0) is 57.0 Å². The van der Waals surface area contributed by atoms with Crippen molar-refractivity contribution in [1.82, 2.24) is 5.32 Å². The van der Waals surface area contributed by atoms with Crippen LogP contribution in [0, 0.1) is 0 Å². The van der Waals surface area contributed by atoms with E-state index in [1.807, 2.05) is 45.0 Å². The summed E-state index contributed by atoms with van der Waals surface area (Å²) in [4.78, 5) is 12.6. The molecule has 1 amide bonds. The van der Waals surface area contributed by atoms with E-state index in [0.29, 0.717) is 49.2 Å². The summed E-state index contributed by atoms with van der Waals surface area (Å²) < 4.78 is 22.2. The Morgan fingerprint density at radius 2 is 1.46 bits per heavy atom. The molecule has 0 unspecified atom stereocenters. The minimum atomic E-state index is -0.182. The first-order chi connectivity index (χ1) is 13.6. The molecule has 1 N–H and O–H groups in total. The van der Waals surface area contributed by atoms with Crippen LogP contribution in [0.1, 0.15) is 36.7 Å². The maximum Gasteiger partial charge on any atom is 0.251 e. The van der Waals surface area contributed by atoms with Gasteiger partial charge in [-0.2, -0.15) is 0 Å². The standard InChI is InChI=1S/C22H29NO5/c1-5-26-19-14-17(15-20(27-6-2)21(19)28-7-3)22(24)23-13-12-16-8-10-18(25-4)11-9-16/h8-11,14-15H,5-7,12-13H2,1-4H3,(H,23,24). The number of nitrogens with one attached hydrogen (secondary N) is 1. The van der Waals surface area contributed by atoms with E-state index < -0.39 is 0 Å². The van der Waals surface area contributed by atoms with Gasteiger partial charge in [-0.25, -0.2) is 0 Å². The fourth-order valence-electron chi connectivity index (χ4n) is 2.73. The molecule has 0 fully saturated rings. The highest BCUT2D eigenvalue weighted by Gasteiger charge is 2.18. The second kappa shape index (κ2) is 11.1. The van der Waals surface area contributed by atoms with Crippen LogP contribution >= 0.6 is 0 Å². The summed E-state index contributed by atoms with van der Waals surface area (Å²) in [5.41, 5.74) is 1.60. The van der Waals surface area contributed by atoms with Gasteiger partial charge < -0.3 is 24.3 Å². The van der Waals surface area contributed by atoms with Crippen LogP contribution < -0.4 is 24.3 Å². The van der Waals surface area contributed by atoms with Gasteiger partial charge in [0.2, 0.25) is 5.75 Å². The number of hydrogen-bond donors (Lipinski definition) is 1. The number of carbonyl (C=O) groups is 1. The lowest BCUT2D eigenvalue weighted by atomic mass is 10.1. The Morgan fingerprint density at radius 1 is 0.893 bits per heavy atom. The zero-order valence-electron chi connectivity index (χ0n) is 17.0. The Hall–Kier alpha value is -2.89. The van der Waals surface area contributed by atoms with Gasteiger partial charge in [0.25, 0.3) is 5.91 Å². The molecule has 28 heavy (non-hydrogen) atoms. The number of methoxy groups -OCH3 is 1. The van der Waals surface area contributed by atoms with Crippen molar-refractivity contribution in [2.75, 3.05) is 33.5 Å². The van der Waals surface area contributed by atoms with E-state index in [4.69, 9.17) is 18.9 Å². The zero-order chi connectivity index (χ0) is 20.4. The zero-order valence-corrected chi connectivity index (χ0v) is 17.0. The molecule has 0 atom stereocenters. The van der Waals surface area contributed by atoms with E-state index in [2.05, 4.69) is 5.32 Å². The summed E-state index contributed by atoms with van der Waals surface area (Å²) in [5.74, 6) is 2.18. The molecule has 152 valence electrons. The van der Waals surface area contributed by atoms with Crippen LogP contribution in [-0.4, -0.2) is 39.4 Å². The largest absolute Gasteiger partial charge is 0.497 e. The third-order valence-corrected chi connectivity index (χ3v) is 4.03. The number of carbonyl (C=O) groups excluding carboxylic acids is 1. The van der Waals surface area contributed by atoms with Gasteiger partial charge in [-0.15, -0.1) is 0 Å². The fourth-order valence-corrected chi connectivity index (χ4v) is 2.73. The summed E-state index contributed by atoms with van der Waals surface area (Å²) in [6.07, 6.45) is 0.726. The molecular weight excluding hydrogens is 358 g/mol. The lowest BCUT2D eigenvalue weighted by Crippen LogP contribution is -2.25. The molecule has 0 heterocycles. The third kappa shape index (κ3) is 5.81. The second-order valence-electron chi connectivity index (χ2n) is 5.95. The number of hydrogen-bond acceptors (Lipinski definition) is 5. The Kier molecular flexibility index (Phi) is 8.46. The molecule has 2 rings (SSSR count). The van der Waals surface area contributed by atoms with Crippen LogP contribution in [0.3, 0.4) is 0 Å². The summed E-state index contributed by atoms with van der Waals surface area (Å²) in [7, 11) is 1.64. The first-order valence-corrected chi connectivity index (χ1v) is 9.60. The van der Waals surface area contributed by atoms with Crippen LogP contribution in [-0.2, 0) is 6.42 Å². The molecule has 0 aliphatic heterocycles. The summed E-state index contributed by atoms with van der Waals surface area (Å²) in [6.45, 7) is 7.60. The summed E-state index contributed by atoms with van der Waals surface area (Å²) >= 11 is 0. The monoisotopic (exact) mass is 387 g/mol. The Bertz CT molecular complexity index is 731. The number of benzene rings is 2. The average molecular weight is 387 g/mol. The van der Waals surface area contributed by atoms with Gasteiger partial charge in [0.05, 0.1) is 26.9 Å². The molecule has 6 heteroatoms. The van der Waals surface area contributed by atoms with Crippen molar-refractivity contribution in [2.24, 2.45) is 0 Å². The molecule has 0 aliphatic rings. The number of amides is 1. The average Bonchev–Trinajstić information content (AvgIpc) is 2.71. The molecular formula is C22H29NO5. The quantitative estimate of drug-likeness (QED) is 0.634. The Balaban J connectivity index is 2.09. The second-order valence-corrected chi connectivity index (χ2v) is 5.95. The first kappa shape index (κ1) is 21.4. The van der Waals surface area contributed by atoms with Crippen molar-refractivity contribution < 1.29 is 23.7 Å². The van der Waals surface area contributed by atoms with Crippen LogP contribution in [0.4, 0.5) is 0 Å². The van der Waals surface area contributed by atoms with Gasteiger partial charge in [-0.3, -0.25) is 4.79 Å². The highest BCUT2D eigenvalue weighted by Crippen LogP contribution is 2.39. The summed E-state index contributed by atoms with van der Waals surface area (Å²) in [5, 5.41) is 2.94.